The molecule has 0 fully saturated rings. The smallest absolute Gasteiger partial charge is 0.115 e. The minimum absolute atomic E-state index is 0.339. The third-order valence-corrected chi connectivity index (χ3v) is 3.13. The van der Waals surface area contributed by atoms with Crippen LogP contribution in [0.4, 0.5) is 0 Å². The van der Waals surface area contributed by atoms with E-state index in [1.165, 1.54) is 5.56 Å². The largest absolute Gasteiger partial charge is 0.508 e. The zero-order valence-corrected chi connectivity index (χ0v) is 11.1. The van der Waals surface area contributed by atoms with Crippen LogP contribution in [0.15, 0.2) is 24.3 Å². The zero-order chi connectivity index (χ0) is 12.7. The van der Waals surface area contributed by atoms with Gasteiger partial charge in [0, 0.05) is 19.1 Å². The predicted octanol–water partition coefficient (Wildman–Crippen LogP) is 2.38. The van der Waals surface area contributed by atoms with E-state index in [0.717, 1.165) is 26.2 Å². The molecule has 0 aliphatic carbocycles. The van der Waals surface area contributed by atoms with Gasteiger partial charge in [-0.25, -0.2) is 0 Å². The van der Waals surface area contributed by atoms with Crippen LogP contribution in [0.1, 0.15) is 32.4 Å². The number of hydrogen-bond donors (Lipinski definition) is 2. The van der Waals surface area contributed by atoms with E-state index in [0.29, 0.717) is 11.8 Å². The van der Waals surface area contributed by atoms with Gasteiger partial charge in [0.05, 0.1) is 0 Å². The lowest BCUT2D eigenvalue weighted by atomic mass is 10.1. The van der Waals surface area contributed by atoms with Crippen LogP contribution in [0.25, 0.3) is 0 Å². The fourth-order valence-corrected chi connectivity index (χ4v) is 2.02. The van der Waals surface area contributed by atoms with Crippen molar-refractivity contribution in [1.82, 2.24) is 10.2 Å². The van der Waals surface area contributed by atoms with E-state index >= 15 is 0 Å². The van der Waals surface area contributed by atoms with Crippen LogP contribution in [0.2, 0.25) is 0 Å². The molecule has 0 saturated heterocycles. The van der Waals surface area contributed by atoms with Crippen LogP contribution in [0, 0.1) is 0 Å². The molecule has 2 N–H and O–H groups in total. The van der Waals surface area contributed by atoms with Crippen LogP contribution in [-0.2, 0) is 0 Å². The predicted molar refractivity (Wildman–Crippen MR) is 72.3 cm³/mol. The van der Waals surface area contributed by atoms with Crippen molar-refractivity contribution >= 4 is 0 Å². The molecule has 0 heterocycles. The maximum atomic E-state index is 9.50. The Kier molecular flexibility index (Phi) is 6.01. The number of rotatable bonds is 7. The van der Waals surface area contributed by atoms with Gasteiger partial charge in [-0.3, -0.25) is 4.90 Å². The number of likely N-dealkylation sites (N-methyl/N-ethyl adjacent to an activating group) is 2. The molecular formula is C14H24N2O. The van der Waals surface area contributed by atoms with E-state index in [2.05, 4.69) is 37.1 Å². The summed E-state index contributed by atoms with van der Waals surface area (Å²) < 4.78 is 0. The van der Waals surface area contributed by atoms with Gasteiger partial charge >= 0.3 is 0 Å². The lowest BCUT2D eigenvalue weighted by molar-refractivity contribution is 0.222. The van der Waals surface area contributed by atoms with Gasteiger partial charge in [0.2, 0.25) is 0 Å². The first-order valence-corrected chi connectivity index (χ1v) is 6.42. The summed E-state index contributed by atoms with van der Waals surface area (Å²) in [5.74, 6) is 0.345. The molecule has 1 aromatic rings. The van der Waals surface area contributed by atoms with Crippen LogP contribution < -0.4 is 5.32 Å². The van der Waals surface area contributed by atoms with Crippen molar-refractivity contribution in [2.75, 3.05) is 26.2 Å². The first-order valence-electron chi connectivity index (χ1n) is 6.42. The lowest BCUT2D eigenvalue weighted by Crippen LogP contribution is -2.34. The van der Waals surface area contributed by atoms with E-state index in [1.54, 1.807) is 6.07 Å². The average molecular weight is 236 g/mol. The summed E-state index contributed by atoms with van der Waals surface area (Å²) in [4.78, 5) is 2.40. The normalized spacial score (nSPS) is 12.9. The Bertz CT molecular complexity index is 328. The molecule has 0 aliphatic heterocycles. The second-order valence-corrected chi connectivity index (χ2v) is 4.25. The van der Waals surface area contributed by atoms with Gasteiger partial charge in [0.25, 0.3) is 0 Å². The number of phenols is 1. The molecule has 0 saturated carbocycles. The van der Waals surface area contributed by atoms with Crippen molar-refractivity contribution in [3.63, 3.8) is 0 Å². The number of phenolic OH excluding ortho intramolecular Hbond substituents is 1. The highest BCUT2D eigenvalue weighted by Gasteiger charge is 2.13. The second kappa shape index (κ2) is 7.30. The Balaban J connectivity index is 2.61. The zero-order valence-electron chi connectivity index (χ0n) is 11.1. The van der Waals surface area contributed by atoms with Crippen molar-refractivity contribution < 1.29 is 5.11 Å². The lowest BCUT2D eigenvalue weighted by Gasteiger charge is -2.28. The summed E-state index contributed by atoms with van der Waals surface area (Å²) in [6.45, 7) is 10.5. The number of nitrogens with zero attached hydrogens (tertiary/aromatic N) is 1. The number of benzene rings is 1. The number of nitrogens with one attached hydrogen (secondary N) is 1. The van der Waals surface area contributed by atoms with E-state index in [1.807, 2.05) is 12.1 Å². The topological polar surface area (TPSA) is 35.5 Å². The molecule has 0 spiro atoms. The Labute approximate surface area is 104 Å². The molecule has 1 rings (SSSR count). The van der Waals surface area contributed by atoms with Crippen molar-refractivity contribution in [2.45, 2.75) is 26.8 Å². The van der Waals surface area contributed by atoms with Gasteiger partial charge in [-0.1, -0.05) is 26.0 Å². The van der Waals surface area contributed by atoms with Gasteiger partial charge in [-0.05, 0) is 37.7 Å². The van der Waals surface area contributed by atoms with E-state index in [4.69, 9.17) is 0 Å². The van der Waals surface area contributed by atoms with E-state index in [-0.39, 0.29) is 0 Å². The van der Waals surface area contributed by atoms with Crippen LogP contribution in [0.5, 0.6) is 5.75 Å². The Hall–Kier alpha value is -1.06. The summed E-state index contributed by atoms with van der Waals surface area (Å²) in [6.07, 6.45) is 0. The van der Waals surface area contributed by atoms with Crippen LogP contribution in [0.3, 0.4) is 0 Å². The summed E-state index contributed by atoms with van der Waals surface area (Å²) in [5, 5.41) is 12.8. The fourth-order valence-electron chi connectivity index (χ4n) is 2.02. The molecule has 0 bridgehead atoms. The van der Waals surface area contributed by atoms with Crippen molar-refractivity contribution in [3.05, 3.63) is 29.8 Å². The standard InChI is InChI=1S/C14H24N2O/c1-4-15-9-10-16(5-2)12(3)13-7-6-8-14(17)11-13/h6-8,11-12,15,17H,4-5,9-10H2,1-3H3/t12-/m0/s1. The average Bonchev–Trinajstić information content (AvgIpc) is 2.34. The Morgan fingerprint density at radius 3 is 2.71 bits per heavy atom. The molecule has 0 unspecified atom stereocenters. The van der Waals surface area contributed by atoms with Crippen LogP contribution >= 0.6 is 0 Å². The van der Waals surface area contributed by atoms with Gasteiger partial charge in [-0.15, -0.1) is 0 Å². The molecule has 0 radical (unpaired) electrons. The first-order chi connectivity index (χ1) is 8.19. The molecule has 0 aliphatic rings. The van der Waals surface area contributed by atoms with Gasteiger partial charge in [-0.2, -0.15) is 0 Å². The molecule has 3 heteroatoms. The maximum Gasteiger partial charge on any atom is 0.115 e. The first kappa shape index (κ1) is 14.0. The highest BCUT2D eigenvalue weighted by Crippen LogP contribution is 2.22. The second-order valence-electron chi connectivity index (χ2n) is 4.25. The fraction of sp³-hybridized carbons (Fsp3) is 0.571. The minimum Gasteiger partial charge on any atom is -0.508 e. The monoisotopic (exact) mass is 236 g/mol. The summed E-state index contributed by atoms with van der Waals surface area (Å²) >= 11 is 0. The summed E-state index contributed by atoms with van der Waals surface area (Å²) in [7, 11) is 0. The number of hydrogen-bond acceptors (Lipinski definition) is 3. The van der Waals surface area contributed by atoms with E-state index in [9.17, 15) is 5.11 Å². The van der Waals surface area contributed by atoms with Gasteiger partial charge < -0.3 is 10.4 Å². The van der Waals surface area contributed by atoms with Crippen molar-refractivity contribution in [3.8, 4) is 5.75 Å². The van der Waals surface area contributed by atoms with E-state index < -0.39 is 0 Å². The van der Waals surface area contributed by atoms with Gasteiger partial charge in [0.1, 0.15) is 5.75 Å². The van der Waals surface area contributed by atoms with Crippen molar-refractivity contribution in [2.24, 2.45) is 0 Å². The molecule has 3 nitrogen and oxygen atoms in total. The summed E-state index contributed by atoms with van der Waals surface area (Å²) in [5.41, 5.74) is 1.17. The quantitative estimate of drug-likeness (QED) is 0.714. The highest BCUT2D eigenvalue weighted by molar-refractivity contribution is 5.29. The Morgan fingerprint density at radius 1 is 1.35 bits per heavy atom. The SMILES string of the molecule is CCNCCN(CC)[C@@H](C)c1cccc(O)c1. The molecule has 1 atom stereocenters. The molecular weight excluding hydrogens is 212 g/mol. The highest BCUT2D eigenvalue weighted by atomic mass is 16.3. The molecule has 0 amide bonds. The Morgan fingerprint density at radius 2 is 2.12 bits per heavy atom. The van der Waals surface area contributed by atoms with Gasteiger partial charge in [0.15, 0.2) is 0 Å². The molecule has 0 aromatic heterocycles. The van der Waals surface area contributed by atoms with Crippen molar-refractivity contribution in [1.29, 1.82) is 0 Å². The number of aromatic hydroxyl groups is 1. The molecule has 1 aromatic carbocycles. The molecule has 17 heavy (non-hydrogen) atoms. The third kappa shape index (κ3) is 4.36. The maximum absolute atomic E-state index is 9.50. The summed E-state index contributed by atoms with van der Waals surface area (Å²) in [6, 6.07) is 7.87. The minimum atomic E-state index is 0.339. The third-order valence-electron chi connectivity index (χ3n) is 3.13. The van der Waals surface area contributed by atoms with Crippen LogP contribution in [-0.4, -0.2) is 36.2 Å². The molecule has 96 valence electrons.